The first-order valence-electron chi connectivity index (χ1n) is 12.0. The van der Waals surface area contributed by atoms with Gasteiger partial charge in [0.05, 0.1) is 6.54 Å². The number of hydrogen-bond acceptors (Lipinski definition) is 2. The van der Waals surface area contributed by atoms with Crippen molar-refractivity contribution >= 4 is 22.7 Å². The lowest BCUT2D eigenvalue weighted by Gasteiger charge is -2.29. The average molecular weight is 470 g/mol. The summed E-state index contributed by atoms with van der Waals surface area (Å²) >= 11 is 0. The quantitative estimate of drug-likeness (QED) is 0.329. The lowest BCUT2D eigenvalue weighted by molar-refractivity contribution is -0.122. The molecule has 6 heteroatoms. The van der Waals surface area contributed by atoms with Crippen molar-refractivity contribution in [2.75, 3.05) is 0 Å². The van der Waals surface area contributed by atoms with Crippen LogP contribution in [-0.4, -0.2) is 22.3 Å². The minimum atomic E-state index is -0.415. The van der Waals surface area contributed by atoms with Crippen molar-refractivity contribution in [2.45, 2.75) is 44.2 Å². The average Bonchev–Trinajstić information content (AvgIpc) is 3.45. The first-order chi connectivity index (χ1) is 17.0. The number of carbonyl (C=O) groups excluding carboxylic acids is 2. The van der Waals surface area contributed by atoms with Crippen LogP contribution in [0.3, 0.4) is 0 Å². The van der Waals surface area contributed by atoms with Crippen LogP contribution in [0, 0.1) is 5.82 Å². The van der Waals surface area contributed by atoms with Gasteiger partial charge in [0.25, 0.3) is 0 Å². The van der Waals surface area contributed by atoms with Crippen LogP contribution < -0.4 is 10.6 Å². The highest BCUT2D eigenvalue weighted by atomic mass is 19.1. The van der Waals surface area contributed by atoms with E-state index in [9.17, 15) is 14.0 Å². The topological polar surface area (TPSA) is 74.0 Å². The molecule has 0 unspecified atom stereocenters. The van der Waals surface area contributed by atoms with Gasteiger partial charge < -0.3 is 15.6 Å². The highest BCUT2D eigenvalue weighted by Gasteiger charge is 2.37. The number of halogens is 1. The van der Waals surface area contributed by atoms with Gasteiger partial charge in [-0.1, -0.05) is 54.6 Å². The van der Waals surface area contributed by atoms with E-state index < -0.39 is 5.54 Å². The van der Waals surface area contributed by atoms with Gasteiger partial charge in [0, 0.05) is 35.0 Å². The Bertz CT molecular complexity index is 1350. The van der Waals surface area contributed by atoms with Crippen molar-refractivity contribution in [1.29, 1.82) is 0 Å². The molecule has 3 aromatic carbocycles. The largest absolute Gasteiger partial charge is 0.357 e. The first-order valence-corrected chi connectivity index (χ1v) is 12.0. The second kappa shape index (κ2) is 9.74. The molecule has 0 bridgehead atoms. The molecular formula is C29H28FN3O2. The summed E-state index contributed by atoms with van der Waals surface area (Å²) in [7, 11) is 0. The Labute approximate surface area is 203 Å². The molecule has 1 aliphatic heterocycles. The van der Waals surface area contributed by atoms with Gasteiger partial charge in [0.2, 0.25) is 11.8 Å². The SMILES string of the molecule is O=C(CC[C@@]1(Cc2ccc(-c3ccccc3)cc2)CCC(=O)N1)NCc1cc2cc(F)ccc2[nH]1. The third-order valence-electron chi connectivity index (χ3n) is 6.78. The molecule has 35 heavy (non-hydrogen) atoms. The summed E-state index contributed by atoms with van der Waals surface area (Å²) < 4.78 is 13.4. The van der Waals surface area contributed by atoms with Crippen LogP contribution in [0.5, 0.6) is 0 Å². The fourth-order valence-corrected chi connectivity index (χ4v) is 4.91. The zero-order valence-corrected chi connectivity index (χ0v) is 19.4. The number of carbonyl (C=O) groups is 2. The molecule has 3 N–H and O–H groups in total. The molecule has 2 heterocycles. The molecule has 0 spiro atoms. The second-order valence-corrected chi connectivity index (χ2v) is 9.37. The van der Waals surface area contributed by atoms with E-state index in [2.05, 4.69) is 52.0 Å². The lowest BCUT2D eigenvalue weighted by Crippen LogP contribution is -2.44. The van der Waals surface area contributed by atoms with Crippen molar-refractivity contribution in [3.63, 3.8) is 0 Å². The Hall–Kier alpha value is -3.93. The van der Waals surface area contributed by atoms with Crippen LogP contribution >= 0.6 is 0 Å². The number of benzene rings is 3. The smallest absolute Gasteiger partial charge is 0.220 e. The van der Waals surface area contributed by atoms with E-state index in [1.165, 1.54) is 17.7 Å². The summed E-state index contributed by atoms with van der Waals surface area (Å²) in [6.45, 7) is 0.343. The number of hydrogen-bond donors (Lipinski definition) is 3. The van der Waals surface area contributed by atoms with Crippen molar-refractivity contribution in [3.05, 3.63) is 95.9 Å². The summed E-state index contributed by atoms with van der Waals surface area (Å²) in [4.78, 5) is 27.9. The Kier molecular flexibility index (Phi) is 6.36. The van der Waals surface area contributed by atoms with Crippen molar-refractivity contribution in [1.82, 2.24) is 15.6 Å². The third kappa shape index (κ3) is 5.43. The molecule has 1 aliphatic rings. The third-order valence-corrected chi connectivity index (χ3v) is 6.78. The molecule has 1 saturated heterocycles. The molecule has 0 radical (unpaired) electrons. The molecule has 1 aromatic heterocycles. The van der Waals surface area contributed by atoms with Gasteiger partial charge in [-0.3, -0.25) is 9.59 Å². The number of fused-ring (bicyclic) bond motifs is 1. The summed E-state index contributed by atoms with van der Waals surface area (Å²) in [6, 6.07) is 25.0. The Morgan fingerprint density at radius 2 is 1.74 bits per heavy atom. The molecule has 2 amide bonds. The second-order valence-electron chi connectivity index (χ2n) is 9.37. The monoisotopic (exact) mass is 469 g/mol. The van der Waals surface area contributed by atoms with Crippen LogP contribution in [0.2, 0.25) is 0 Å². The lowest BCUT2D eigenvalue weighted by atomic mass is 9.84. The number of H-pyrrole nitrogens is 1. The van der Waals surface area contributed by atoms with E-state index in [-0.39, 0.29) is 17.6 Å². The number of rotatable bonds is 8. The minimum absolute atomic E-state index is 0.0385. The molecule has 5 rings (SSSR count). The molecule has 0 aliphatic carbocycles. The fourth-order valence-electron chi connectivity index (χ4n) is 4.91. The van der Waals surface area contributed by atoms with Gasteiger partial charge in [-0.25, -0.2) is 4.39 Å². The van der Waals surface area contributed by atoms with E-state index in [1.807, 2.05) is 24.3 Å². The maximum atomic E-state index is 13.4. The molecule has 5 nitrogen and oxygen atoms in total. The van der Waals surface area contributed by atoms with Crippen LogP contribution in [0.1, 0.15) is 36.9 Å². The summed E-state index contributed by atoms with van der Waals surface area (Å²) in [5.74, 6) is -0.322. The Morgan fingerprint density at radius 3 is 2.49 bits per heavy atom. The van der Waals surface area contributed by atoms with Gasteiger partial charge in [-0.2, -0.15) is 0 Å². The van der Waals surface area contributed by atoms with E-state index in [4.69, 9.17) is 0 Å². The highest BCUT2D eigenvalue weighted by molar-refractivity contribution is 5.81. The maximum absolute atomic E-state index is 13.4. The van der Waals surface area contributed by atoms with Gasteiger partial charge >= 0.3 is 0 Å². The van der Waals surface area contributed by atoms with Crippen molar-refractivity contribution in [2.24, 2.45) is 0 Å². The van der Waals surface area contributed by atoms with Gasteiger partial charge in [-0.05, 0) is 60.2 Å². The predicted molar refractivity (Wildman–Crippen MR) is 135 cm³/mol. The number of aromatic amines is 1. The van der Waals surface area contributed by atoms with E-state index in [0.717, 1.165) is 27.7 Å². The Balaban J connectivity index is 1.20. The van der Waals surface area contributed by atoms with Gasteiger partial charge in [-0.15, -0.1) is 0 Å². The van der Waals surface area contributed by atoms with Gasteiger partial charge in [0.1, 0.15) is 5.82 Å². The van der Waals surface area contributed by atoms with E-state index in [1.54, 1.807) is 6.07 Å². The standard InChI is InChI=1S/C29H28FN3O2/c30-24-10-11-26-23(16-24)17-25(32-26)19-31-27(34)12-14-29(15-13-28(35)33-29)18-20-6-8-22(9-7-20)21-4-2-1-3-5-21/h1-11,16-17,32H,12-15,18-19H2,(H,31,34)(H,33,35)/t29-/m0/s1. The molecule has 4 aromatic rings. The number of nitrogens with one attached hydrogen (secondary N) is 3. The zero-order chi connectivity index (χ0) is 24.3. The van der Waals surface area contributed by atoms with Crippen LogP contribution in [0.25, 0.3) is 22.0 Å². The van der Waals surface area contributed by atoms with Crippen LogP contribution in [0.4, 0.5) is 4.39 Å². The van der Waals surface area contributed by atoms with Crippen molar-refractivity contribution in [3.8, 4) is 11.1 Å². The summed E-state index contributed by atoms with van der Waals surface area (Å²) in [5, 5.41) is 6.87. The van der Waals surface area contributed by atoms with Crippen LogP contribution in [0.15, 0.2) is 78.9 Å². The fraction of sp³-hybridized carbons (Fsp3) is 0.241. The van der Waals surface area contributed by atoms with E-state index >= 15 is 0 Å². The first kappa shape index (κ1) is 22.8. The minimum Gasteiger partial charge on any atom is -0.357 e. The van der Waals surface area contributed by atoms with E-state index in [0.29, 0.717) is 38.6 Å². The number of amides is 2. The normalized spacial score (nSPS) is 17.5. The zero-order valence-electron chi connectivity index (χ0n) is 19.4. The molecule has 1 atom stereocenters. The van der Waals surface area contributed by atoms with Crippen LogP contribution in [-0.2, 0) is 22.6 Å². The van der Waals surface area contributed by atoms with Gasteiger partial charge in [0.15, 0.2) is 0 Å². The summed E-state index contributed by atoms with van der Waals surface area (Å²) in [6.07, 6.45) is 2.78. The highest BCUT2D eigenvalue weighted by Crippen LogP contribution is 2.30. The predicted octanol–water partition coefficient (Wildman–Crippen LogP) is 5.26. The van der Waals surface area contributed by atoms with Crippen molar-refractivity contribution < 1.29 is 14.0 Å². The number of aromatic nitrogens is 1. The molecule has 1 fully saturated rings. The molecular weight excluding hydrogens is 441 g/mol. The summed E-state index contributed by atoms with van der Waals surface area (Å²) in [5.41, 5.74) is 4.69. The molecule has 178 valence electrons. The molecule has 0 saturated carbocycles. The maximum Gasteiger partial charge on any atom is 0.220 e. The Morgan fingerprint density at radius 1 is 0.971 bits per heavy atom.